The molecule has 1 N–H and O–H groups in total. The van der Waals surface area contributed by atoms with Gasteiger partial charge in [-0.25, -0.2) is 0 Å². The lowest BCUT2D eigenvalue weighted by molar-refractivity contribution is 0.0739. The van der Waals surface area contributed by atoms with Crippen LogP contribution in [0.4, 0.5) is 0 Å². The van der Waals surface area contributed by atoms with Gasteiger partial charge in [-0.1, -0.05) is 6.58 Å². The Hall–Kier alpha value is -0.500. The molecule has 0 amide bonds. The van der Waals surface area contributed by atoms with Crippen LogP contribution in [0, 0.1) is 0 Å². The molecule has 0 fully saturated rings. The van der Waals surface area contributed by atoms with Crippen LogP contribution in [0.5, 0.6) is 0 Å². The van der Waals surface area contributed by atoms with E-state index >= 15 is 0 Å². The molecule has 0 heterocycles. The van der Waals surface area contributed by atoms with Crippen LogP contribution in [0.15, 0.2) is 12.3 Å². The van der Waals surface area contributed by atoms with E-state index in [-0.39, 0.29) is 12.7 Å². The number of rotatable bonds is 3. The minimum Gasteiger partial charge on any atom is -0.494 e. The van der Waals surface area contributed by atoms with Gasteiger partial charge in [0.25, 0.3) is 0 Å². The molecule has 0 aliphatic heterocycles. The second kappa shape index (κ2) is 3.50. The zero-order chi connectivity index (χ0) is 6.57. The standard InChI is InChI=1S/C6H12O2/c1-5(2)8-6(3)4-7/h6-7H,1,4H2,2-3H3. The zero-order valence-corrected chi connectivity index (χ0v) is 5.35. The molecule has 0 radical (unpaired) electrons. The van der Waals surface area contributed by atoms with Gasteiger partial charge in [-0.05, 0) is 13.8 Å². The molecule has 0 saturated carbocycles. The van der Waals surface area contributed by atoms with Gasteiger partial charge in [0.1, 0.15) is 6.10 Å². The number of allylic oxidation sites excluding steroid dienone is 1. The van der Waals surface area contributed by atoms with Crippen molar-refractivity contribution in [3.63, 3.8) is 0 Å². The molecule has 0 aromatic rings. The molecule has 0 aliphatic carbocycles. The maximum absolute atomic E-state index is 8.42. The van der Waals surface area contributed by atoms with Crippen LogP contribution in [0.25, 0.3) is 0 Å². The van der Waals surface area contributed by atoms with E-state index in [1.165, 1.54) is 0 Å². The van der Waals surface area contributed by atoms with E-state index in [1.54, 1.807) is 13.8 Å². The fourth-order valence-electron chi connectivity index (χ4n) is 0.381. The van der Waals surface area contributed by atoms with E-state index in [1.807, 2.05) is 0 Å². The average molecular weight is 116 g/mol. The van der Waals surface area contributed by atoms with E-state index in [0.717, 1.165) is 0 Å². The predicted octanol–water partition coefficient (Wildman–Crippen LogP) is 0.917. The highest BCUT2D eigenvalue weighted by Gasteiger charge is 1.96. The lowest BCUT2D eigenvalue weighted by Gasteiger charge is -2.09. The Morgan fingerprint density at radius 2 is 2.38 bits per heavy atom. The molecule has 0 saturated heterocycles. The Morgan fingerprint density at radius 3 is 2.50 bits per heavy atom. The normalized spacial score (nSPS) is 12.9. The minimum absolute atomic E-state index is 0.0485. The first-order valence-corrected chi connectivity index (χ1v) is 2.60. The van der Waals surface area contributed by atoms with Gasteiger partial charge >= 0.3 is 0 Å². The first-order valence-electron chi connectivity index (χ1n) is 2.60. The molecule has 0 bridgehead atoms. The van der Waals surface area contributed by atoms with Crippen molar-refractivity contribution in [3.8, 4) is 0 Å². The number of hydrogen-bond donors (Lipinski definition) is 1. The summed E-state index contributed by atoms with van der Waals surface area (Å²) in [5, 5.41) is 8.42. The second-order valence-electron chi connectivity index (χ2n) is 1.81. The maximum Gasteiger partial charge on any atom is 0.118 e. The van der Waals surface area contributed by atoms with Crippen LogP contribution >= 0.6 is 0 Å². The third kappa shape index (κ3) is 3.68. The monoisotopic (exact) mass is 116 g/mol. The van der Waals surface area contributed by atoms with Gasteiger partial charge in [0.05, 0.1) is 12.4 Å². The summed E-state index contributed by atoms with van der Waals surface area (Å²) in [6, 6.07) is 0. The van der Waals surface area contributed by atoms with E-state index in [0.29, 0.717) is 5.76 Å². The Balaban J connectivity index is 3.24. The van der Waals surface area contributed by atoms with Gasteiger partial charge in [0.2, 0.25) is 0 Å². The molecule has 8 heavy (non-hydrogen) atoms. The summed E-state index contributed by atoms with van der Waals surface area (Å²) in [5.74, 6) is 0.645. The molecule has 0 rings (SSSR count). The van der Waals surface area contributed by atoms with E-state index in [2.05, 4.69) is 6.58 Å². The van der Waals surface area contributed by atoms with Crippen LogP contribution in [-0.4, -0.2) is 17.8 Å². The van der Waals surface area contributed by atoms with Crippen molar-refractivity contribution >= 4 is 0 Å². The van der Waals surface area contributed by atoms with Crippen LogP contribution in [0.1, 0.15) is 13.8 Å². The van der Waals surface area contributed by atoms with Crippen molar-refractivity contribution in [2.75, 3.05) is 6.61 Å². The fourth-order valence-corrected chi connectivity index (χ4v) is 0.381. The average Bonchev–Trinajstić information content (AvgIpc) is 1.65. The summed E-state index contributed by atoms with van der Waals surface area (Å²) in [6.07, 6.45) is -0.118. The van der Waals surface area contributed by atoms with Crippen LogP contribution < -0.4 is 0 Å². The minimum atomic E-state index is -0.118. The molecule has 2 heteroatoms. The molecule has 0 aliphatic rings. The third-order valence-electron chi connectivity index (χ3n) is 0.659. The first-order chi connectivity index (χ1) is 3.66. The highest BCUT2D eigenvalue weighted by molar-refractivity contribution is 4.75. The Morgan fingerprint density at radius 1 is 1.88 bits per heavy atom. The third-order valence-corrected chi connectivity index (χ3v) is 0.659. The highest BCUT2D eigenvalue weighted by Crippen LogP contribution is 1.96. The van der Waals surface area contributed by atoms with Crippen LogP contribution in [0.2, 0.25) is 0 Å². The fraction of sp³-hybridized carbons (Fsp3) is 0.667. The van der Waals surface area contributed by atoms with Crippen LogP contribution in [0.3, 0.4) is 0 Å². The number of ether oxygens (including phenoxy) is 1. The second-order valence-corrected chi connectivity index (χ2v) is 1.81. The number of aliphatic hydroxyl groups is 1. The van der Waals surface area contributed by atoms with Gasteiger partial charge in [-0.3, -0.25) is 0 Å². The smallest absolute Gasteiger partial charge is 0.118 e. The lowest BCUT2D eigenvalue weighted by Crippen LogP contribution is -2.10. The summed E-state index contributed by atoms with van der Waals surface area (Å²) in [4.78, 5) is 0. The van der Waals surface area contributed by atoms with E-state index < -0.39 is 0 Å². The maximum atomic E-state index is 8.42. The Kier molecular flexibility index (Phi) is 3.28. The quantitative estimate of drug-likeness (QED) is 0.555. The summed E-state index contributed by atoms with van der Waals surface area (Å²) in [7, 11) is 0. The largest absolute Gasteiger partial charge is 0.494 e. The molecule has 2 nitrogen and oxygen atoms in total. The zero-order valence-electron chi connectivity index (χ0n) is 5.35. The van der Waals surface area contributed by atoms with Gasteiger partial charge in [-0.2, -0.15) is 0 Å². The Labute approximate surface area is 49.8 Å². The van der Waals surface area contributed by atoms with Crippen molar-refractivity contribution in [3.05, 3.63) is 12.3 Å². The molecule has 0 aromatic heterocycles. The molecule has 0 spiro atoms. The van der Waals surface area contributed by atoms with Crippen molar-refractivity contribution in [2.24, 2.45) is 0 Å². The first kappa shape index (κ1) is 7.50. The summed E-state index contributed by atoms with van der Waals surface area (Å²) < 4.78 is 4.95. The van der Waals surface area contributed by atoms with Gasteiger partial charge in [-0.15, -0.1) is 0 Å². The molecule has 1 unspecified atom stereocenters. The van der Waals surface area contributed by atoms with E-state index in [9.17, 15) is 0 Å². The molecular formula is C6H12O2. The van der Waals surface area contributed by atoms with Crippen molar-refractivity contribution in [2.45, 2.75) is 20.0 Å². The summed E-state index contributed by atoms with van der Waals surface area (Å²) in [5.41, 5.74) is 0. The topological polar surface area (TPSA) is 29.5 Å². The molecular weight excluding hydrogens is 104 g/mol. The van der Waals surface area contributed by atoms with E-state index in [4.69, 9.17) is 9.84 Å². The molecule has 48 valence electrons. The lowest BCUT2D eigenvalue weighted by atomic mass is 10.4. The van der Waals surface area contributed by atoms with Crippen molar-refractivity contribution < 1.29 is 9.84 Å². The van der Waals surface area contributed by atoms with Gasteiger partial charge in [0, 0.05) is 0 Å². The van der Waals surface area contributed by atoms with Crippen molar-refractivity contribution in [1.82, 2.24) is 0 Å². The van der Waals surface area contributed by atoms with Gasteiger partial charge in [0.15, 0.2) is 0 Å². The van der Waals surface area contributed by atoms with Gasteiger partial charge < -0.3 is 9.84 Å². The highest BCUT2D eigenvalue weighted by atomic mass is 16.5. The number of aliphatic hydroxyl groups excluding tert-OH is 1. The summed E-state index contributed by atoms with van der Waals surface area (Å²) in [6.45, 7) is 7.10. The van der Waals surface area contributed by atoms with Crippen molar-refractivity contribution in [1.29, 1.82) is 0 Å². The molecule has 1 atom stereocenters. The molecule has 0 aromatic carbocycles. The van der Waals surface area contributed by atoms with Crippen LogP contribution in [-0.2, 0) is 4.74 Å². The summed E-state index contributed by atoms with van der Waals surface area (Å²) >= 11 is 0. The Bertz CT molecular complexity index is 78.6. The number of hydrogen-bond acceptors (Lipinski definition) is 2. The SMILES string of the molecule is C=C(C)OC(C)CO. The predicted molar refractivity (Wildman–Crippen MR) is 32.4 cm³/mol.